The number of benzene rings is 1. The summed E-state index contributed by atoms with van der Waals surface area (Å²) >= 11 is 3.69. The molecular weight excluding hydrogens is 293 g/mol. The van der Waals surface area contributed by atoms with Gasteiger partial charge in [-0.1, -0.05) is 28.8 Å². The van der Waals surface area contributed by atoms with Crippen LogP contribution in [0.2, 0.25) is 0 Å². The summed E-state index contributed by atoms with van der Waals surface area (Å²) in [5.74, 6) is -0.161. The lowest BCUT2D eigenvalue weighted by atomic mass is 9.88. The van der Waals surface area contributed by atoms with E-state index in [9.17, 15) is 4.39 Å². The van der Waals surface area contributed by atoms with Crippen molar-refractivity contribution in [2.24, 2.45) is 5.41 Å². The molecule has 1 aromatic rings. The van der Waals surface area contributed by atoms with E-state index < -0.39 is 0 Å². The maximum atomic E-state index is 13.0. The molecule has 1 fully saturated rings. The van der Waals surface area contributed by atoms with Gasteiger partial charge in [0.2, 0.25) is 0 Å². The second kappa shape index (κ2) is 6.05. The van der Waals surface area contributed by atoms with Crippen LogP contribution in [0.1, 0.15) is 32.6 Å². The number of hydrogen-bond acceptors (Lipinski definition) is 1. The predicted molar refractivity (Wildman–Crippen MR) is 79.0 cm³/mol. The van der Waals surface area contributed by atoms with Crippen molar-refractivity contribution in [3.63, 3.8) is 0 Å². The quantitative estimate of drug-likeness (QED) is 0.718. The van der Waals surface area contributed by atoms with Gasteiger partial charge in [0.25, 0.3) is 0 Å². The molecule has 2 rings (SSSR count). The fourth-order valence-electron chi connectivity index (χ4n) is 2.90. The molecule has 0 N–H and O–H groups in total. The molecule has 0 atom stereocenters. The van der Waals surface area contributed by atoms with Crippen LogP contribution in [0.25, 0.3) is 0 Å². The molecule has 1 saturated carbocycles. The Balaban J connectivity index is 2.11. The monoisotopic (exact) mass is 313 g/mol. The van der Waals surface area contributed by atoms with Crippen molar-refractivity contribution in [1.82, 2.24) is 0 Å². The zero-order valence-electron chi connectivity index (χ0n) is 11.0. The van der Waals surface area contributed by atoms with Crippen molar-refractivity contribution in [3.8, 4) is 0 Å². The minimum atomic E-state index is -0.161. The highest BCUT2D eigenvalue weighted by Crippen LogP contribution is 2.41. The van der Waals surface area contributed by atoms with Crippen LogP contribution in [-0.2, 0) is 0 Å². The number of halogens is 2. The smallest absolute Gasteiger partial charge is 0.123 e. The number of hydrogen-bond donors (Lipinski definition) is 0. The Hall–Kier alpha value is -0.570. The SMILES string of the molecule is CCN(CC1(CBr)CCCC1)c1ccc(F)cc1. The molecule has 18 heavy (non-hydrogen) atoms. The van der Waals surface area contributed by atoms with Gasteiger partial charge in [0.15, 0.2) is 0 Å². The van der Waals surface area contributed by atoms with E-state index in [1.807, 2.05) is 12.1 Å². The fourth-order valence-corrected chi connectivity index (χ4v) is 3.64. The second-order valence-electron chi connectivity index (χ2n) is 5.33. The molecule has 1 aliphatic rings. The largest absolute Gasteiger partial charge is 0.371 e. The molecule has 100 valence electrons. The lowest BCUT2D eigenvalue weighted by Gasteiger charge is -2.35. The highest BCUT2D eigenvalue weighted by molar-refractivity contribution is 9.09. The number of alkyl halides is 1. The van der Waals surface area contributed by atoms with E-state index in [1.54, 1.807) is 12.1 Å². The molecule has 0 radical (unpaired) electrons. The third kappa shape index (κ3) is 3.05. The molecule has 3 heteroatoms. The van der Waals surface area contributed by atoms with Crippen LogP contribution in [0.4, 0.5) is 10.1 Å². The van der Waals surface area contributed by atoms with E-state index in [2.05, 4.69) is 27.8 Å². The molecule has 1 nitrogen and oxygen atoms in total. The number of nitrogens with zero attached hydrogens (tertiary/aromatic N) is 1. The Labute approximate surface area is 118 Å². The standard InChI is InChI=1S/C15H21BrFN/c1-2-18(14-7-5-13(17)6-8-14)12-15(11-16)9-3-4-10-15/h5-8H,2-4,9-12H2,1H3. The first kappa shape index (κ1) is 13.9. The molecule has 0 aromatic heterocycles. The predicted octanol–water partition coefficient (Wildman–Crippen LogP) is 4.61. The van der Waals surface area contributed by atoms with Crippen LogP contribution in [0.3, 0.4) is 0 Å². The van der Waals surface area contributed by atoms with Crippen LogP contribution in [0.5, 0.6) is 0 Å². The first-order valence-corrected chi connectivity index (χ1v) is 7.88. The molecule has 1 aliphatic carbocycles. The van der Waals surface area contributed by atoms with Gasteiger partial charge in [0.1, 0.15) is 5.82 Å². The van der Waals surface area contributed by atoms with E-state index in [4.69, 9.17) is 0 Å². The van der Waals surface area contributed by atoms with Crippen LogP contribution in [0, 0.1) is 11.2 Å². The number of anilines is 1. The zero-order chi connectivity index (χ0) is 13.0. The lowest BCUT2D eigenvalue weighted by molar-refractivity contribution is 0.351. The van der Waals surface area contributed by atoms with Gasteiger partial charge in [-0.15, -0.1) is 0 Å². The Morgan fingerprint density at radius 1 is 1.22 bits per heavy atom. The lowest BCUT2D eigenvalue weighted by Crippen LogP contribution is -2.37. The van der Waals surface area contributed by atoms with E-state index >= 15 is 0 Å². The van der Waals surface area contributed by atoms with Crippen LogP contribution < -0.4 is 4.90 Å². The summed E-state index contributed by atoms with van der Waals surface area (Å²) in [6, 6.07) is 6.87. The molecule has 0 aliphatic heterocycles. The average Bonchev–Trinajstić information content (AvgIpc) is 2.86. The Morgan fingerprint density at radius 3 is 2.33 bits per heavy atom. The summed E-state index contributed by atoms with van der Waals surface area (Å²) in [5, 5.41) is 1.07. The maximum Gasteiger partial charge on any atom is 0.123 e. The molecule has 0 unspecified atom stereocenters. The summed E-state index contributed by atoms with van der Waals surface area (Å²) in [7, 11) is 0. The van der Waals surface area contributed by atoms with Gasteiger partial charge in [-0.25, -0.2) is 4.39 Å². The molecule has 0 spiro atoms. The molecule has 0 bridgehead atoms. The maximum absolute atomic E-state index is 13.0. The van der Waals surface area contributed by atoms with Gasteiger partial charge in [-0.05, 0) is 49.4 Å². The minimum Gasteiger partial charge on any atom is -0.371 e. The Bertz CT molecular complexity index is 371. The highest BCUT2D eigenvalue weighted by atomic mass is 79.9. The summed E-state index contributed by atoms with van der Waals surface area (Å²) in [4.78, 5) is 2.37. The van der Waals surface area contributed by atoms with Crippen molar-refractivity contribution in [3.05, 3.63) is 30.1 Å². The van der Waals surface area contributed by atoms with Gasteiger partial charge in [-0.2, -0.15) is 0 Å². The minimum absolute atomic E-state index is 0.161. The van der Waals surface area contributed by atoms with E-state index in [1.165, 1.54) is 25.7 Å². The van der Waals surface area contributed by atoms with Gasteiger partial charge in [0, 0.05) is 24.1 Å². The summed E-state index contributed by atoms with van der Waals surface area (Å²) in [6.07, 6.45) is 5.28. The van der Waals surface area contributed by atoms with Gasteiger partial charge in [-0.3, -0.25) is 0 Å². The normalized spacial score (nSPS) is 17.9. The highest BCUT2D eigenvalue weighted by Gasteiger charge is 2.34. The molecular formula is C15H21BrFN. The summed E-state index contributed by atoms with van der Waals surface area (Å²) in [5.41, 5.74) is 1.54. The third-order valence-corrected chi connectivity index (χ3v) is 5.24. The molecule has 0 heterocycles. The first-order chi connectivity index (χ1) is 8.69. The van der Waals surface area contributed by atoms with Crippen LogP contribution in [-0.4, -0.2) is 18.4 Å². The molecule has 0 saturated heterocycles. The van der Waals surface area contributed by atoms with E-state index in [0.29, 0.717) is 5.41 Å². The van der Waals surface area contributed by atoms with Gasteiger partial charge < -0.3 is 4.90 Å². The summed E-state index contributed by atoms with van der Waals surface area (Å²) < 4.78 is 13.0. The average molecular weight is 314 g/mol. The van der Waals surface area contributed by atoms with E-state index in [0.717, 1.165) is 24.1 Å². The second-order valence-corrected chi connectivity index (χ2v) is 5.89. The van der Waals surface area contributed by atoms with Crippen molar-refractivity contribution in [1.29, 1.82) is 0 Å². The Morgan fingerprint density at radius 2 is 1.83 bits per heavy atom. The van der Waals surface area contributed by atoms with Crippen molar-refractivity contribution < 1.29 is 4.39 Å². The van der Waals surface area contributed by atoms with Crippen molar-refractivity contribution in [2.45, 2.75) is 32.6 Å². The zero-order valence-corrected chi connectivity index (χ0v) is 12.5. The third-order valence-electron chi connectivity index (χ3n) is 4.05. The van der Waals surface area contributed by atoms with Gasteiger partial charge >= 0.3 is 0 Å². The fraction of sp³-hybridized carbons (Fsp3) is 0.600. The molecule has 1 aromatic carbocycles. The first-order valence-electron chi connectivity index (χ1n) is 6.75. The Kier molecular flexibility index (Phi) is 4.66. The van der Waals surface area contributed by atoms with E-state index in [-0.39, 0.29) is 5.82 Å². The topological polar surface area (TPSA) is 3.24 Å². The number of rotatable bonds is 5. The molecule has 0 amide bonds. The van der Waals surface area contributed by atoms with Crippen LogP contribution >= 0.6 is 15.9 Å². The van der Waals surface area contributed by atoms with Crippen LogP contribution in [0.15, 0.2) is 24.3 Å². The summed E-state index contributed by atoms with van der Waals surface area (Å²) in [6.45, 7) is 4.21. The van der Waals surface area contributed by atoms with Gasteiger partial charge in [0.05, 0.1) is 0 Å². The van der Waals surface area contributed by atoms with Crippen molar-refractivity contribution in [2.75, 3.05) is 23.3 Å². The van der Waals surface area contributed by atoms with Crippen molar-refractivity contribution >= 4 is 21.6 Å².